The number of nitrogens with zero attached hydrogens (tertiary/aromatic N) is 2. The van der Waals surface area contributed by atoms with Gasteiger partial charge in [-0.05, 0) is 12.1 Å². The highest BCUT2D eigenvalue weighted by Gasteiger charge is 2.21. The topological polar surface area (TPSA) is 43.7 Å². The van der Waals surface area contributed by atoms with Crippen LogP contribution in [0.4, 0.5) is 0 Å². The molecular formula is C8H7ClN2O2. The molecule has 4 nitrogen and oxygen atoms in total. The zero-order valence-electron chi connectivity index (χ0n) is 6.95. The van der Waals surface area contributed by atoms with Crippen LogP contribution in [0.3, 0.4) is 0 Å². The van der Waals surface area contributed by atoms with E-state index in [1.807, 2.05) is 6.07 Å². The van der Waals surface area contributed by atoms with Crippen LogP contribution in [0, 0.1) is 0 Å². The second kappa shape index (κ2) is 3.22. The molecule has 1 aliphatic heterocycles. The van der Waals surface area contributed by atoms with Crippen molar-refractivity contribution in [3.63, 3.8) is 0 Å². The van der Waals surface area contributed by atoms with Gasteiger partial charge in [0.25, 0.3) is 0 Å². The fraction of sp³-hybridized carbons (Fsp3) is 0.250. The molecule has 68 valence electrons. The summed E-state index contributed by atoms with van der Waals surface area (Å²) in [5.74, 6) is 0.517. The maximum absolute atomic E-state index is 5.69. The lowest BCUT2D eigenvalue weighted by atomic mass is 10.2. The number of aromatic nitrogens is 1. The quantitative estimate of drug-likeness (QED) is 0.507. The highest BCUT2D eigenvalue weighted by molar-refractivity contribution is 6.29. The number of ether oxygens (including phenoxy) is 1. The largest absolute Gasteiger partial charge is 0.470 e. The molecule has 5 heteroatoms. The van der Waals surface area contributed by atoms with Crippen LogP contribution in [0.15, 0.2) is 17.3 Å². The molecule has 2 heterocycles. The Morgan fingerprint density at radius 1 is 1.62 bits per heavy atom. The molecule has 0 unspecified atom stereocenters. The molecule has 0 saturated heterocycles. The van der Waals surface area contributed by atoms with Gasteiger partial charge in [0.1, 0.15) is 24.6 Å². The molecule has 0 N–H and O–H groups in total. The van der Waals surface area contributed by atoms with Gasteiger partial charge in [-0.2, -0.15) is 0 Å². The van der Waals surface area contributed by atoms with Gasteiger partial charge in [-0.3, -0.25) is 0 Å². The molecule has 0 fully saturated rings. The van der Waals surface area contributed by atoms with Crippen LogP contribution in [0.5, 0.6) is 5.88 Å². The van der Waals surface area contributed by atoms with Crippen molar-refractivity contribution in [2.45, 2.75) is 0 Å². The van der Waals surface area contributed by atoms with Crippen LogP contribution in [0.25, 0.3) is 0 Å². The SMILES string of the molecule is CON=C1COc2nc(Cl)ccc21. The average Bonchev–Trinajstić information content (AvgIpc) is 2.49. The maximum atomic E-state index is 5.69. The van der Waals surface area contributed by atoms with Crippen molar-refractivity contribution in [3.05, 3.63) is 22.8 Å². The Balaban J connectivity index is 2.44. The zero-order valence-corrected chi connectivity index (χ0v) is 7.71. The van der Waals surface area contributed by atoms with Crippen molar-refractivity contribution in [2.24, 2.45) is 5.16 Å². The third kappa shape index (κ3) is 1.45. The molecular weight excluding hydrogens is 192 g/mol. The van der Waals surface area contributed by atoms with Gasteiger partial charge in [-0.25, -0.2) is 4.98 Å². The van der Waals surface area contributed by atoms with Crippen molar-refractivity contribution >= 4 is 17.3 Å². The molecule has 0 atom stereocenters. The summed E-state index contributed by atoms with van der Waals surface area (Å²) in [6.07, 6.45) is 0. The summed E-state index contributed by atoms with van der Waals surface area (Å²) in [6.45, 7) is 0.385. The van der Waals surface area contributed by atoms with E-state index >= 15 is 0 Å². The first kappa shape index (κ1) is 8.31. The van der Waals surface area contributed by atoms with Gasteiger partial charge in [0.05, 0.1) is 5.56 Å². The Morgan fingerprint density at radius 3 is 3.23 bits per heavy atom. The maximum Gasteiger partial charge on any atom is 0.224 e. The van der Waals surface area contributed by atoms with Gasteiger partial charge in [0.2, 0.25) is 5.88 Å². The van der Waals surface area contributed by atoms with Gasteiger partial charge < -0.3 is 9.57 Å². The van der Waals surface area contributed by atoms with E-state index in [1.165, 1.54) is 7.11 Å². The lowest BCUT2D eigenvalue weighted by Gasteiger charge is -1.95. The Morgan fingerprint density at radius 2 is 2.46 bits per heavy atom. The number of fused-ring (bicyclic) bond motifs is 1. The Kier molecular flexibility index (Phi) is 2.06. The molecule has 0 aliphatic carbocycles. The molecule has 2 rings (SSSR count). The lowest BCUT2D eigenvalue weighted by molar-refractivity contribution is 0.211. The molecule has 0 bridgehead atoms. The standard InChI is InChI=1S/C8H7ClN2O2/c1-12-11-6-4-13-8-5(6)2-3-7(9)10-8/h2-3H,4H2,1H3. The fourth-order valence-electron chi connectivity index (χ4n) is 1.15. The normalized spacial score (nSPS) is 16.9. The summed E-state index contributed by atoms with van der Waals surface area (Å²) in [6, 6.07) is 3.51. The monoisotopic (exact) mass is 198 g/mol. The zero-order chi connectivity index (χ0) is 9.26. The van der Waals surface area contributed by atoms with E-state index in [9.17, 15) is 0 Å². The number of rotatable bonds is 1. The van der Waals surface area contributed by atoms with Crippen molar-refractivity contribution in [1.82, 2.24) is 4.98 Å². The van der Waals surface area contributed by atoms with Gasteiger partial charge in [0.15, 0.2) is 0 Å². The molecule has 0 spiro atoms. The minimum absolute atomic E-state index is 0.385. The summed E-state index contributed by atoms with van der Waals surface area (Å²) >= 11 is 5.69. The summed E-state index contributed by atoms with van der Waals surface area (Å²) in [4.78, 5) is 8.65. The van der Waals surface area contributed by atoms with E-state index in [4.69, 9.17) is 16.3 Å². The molecule has 1 aromatic rings. The first-order valence-corrected chi connectivity index (χ1v) is 4.09. The lowest BCUT2D eigenvalue weighted by Crippen LogP contribution is -2.02. The van der Waals surface area contributed by atoms with Crippen LogP contribution in [0.1, 0.15) is 5.56 Å². The van der Waals surface area contributed by atoms with E-state index in [0.29, 0.717) is 17.6 Å². The second-order valence-corrected chi connectivity index (χ2v) is 2.88. The molecule has 13 heavy (non-hydrogen) atoms. The Hall–Kier alpha value is -1.29. The Labute approximate surface area is 80.1 Å². The number of hydrogen-bond donors (Lipinski definition) is 0. The minimum Gasteiger partial charge on any atom is -0.470 e. The van der Waals surface area contributed by atoms with Crippen molar-refractivity contribution in [3.8, 4) is 5.88 Å². The molecule has 0 aromatic carbocycles. The molecule has 0 radical (unpaired) electrons. The van der Waals surface area contributed by atoms with E-state index in [2.05, 4.69) is 15.0 Å². The highest BCUT2D eigenvalue weighted by atomic mass is 35.5. The third-order valence-electron chi connectivity index (χ3n) is 1.68. The molecule has 0 saturated carbocycles. The number of halogens is 1. The third-order valence-corrected chi connectivity index (χ3v) is 1.89. The summed E-state index contributed by atoms with van der Waals surface area (Å²) in [7, 11) is 1.49. The average molecular weight is 199 g/mol. The van der Waals surface area contributed by atoms with Crippen molar-refractivity contribution in [2.75, 3.05) is 13.7 Å². The summed E-state index contributed by atoms with van der Waals surface area (Å²) in [5.41, 5.74) is 1.58. The van der Waals surface area contributed by atoms with E-state index in [-0.39, 0.29) is 0 Å². The van der Waals surface area contributed by atoms with E-state index < -0.39 is 0 Å². The number of pyridine rings is 1. The van der Waals surface area contributed by atoms with Gasteiger partial charge in [-0.1, -0.05) is 16.8 Å². The molecule has 1 aromatic heterocycles. The van der Waals surface area contributed by atoms with Crippen molar-refractivity contribution < 1.29 is 9.57 Å². The van der Waals surface area contributed by atoms with Crippen molar-refractivity contribution in [1.29, 1.82) is 0 Å². The smallest absolute Gasteiger partial charge is 0.224 e. The number of hydrogen-bond acceptors (Lipinski definition) is 4. The second-order valence-electron chi connectivity index (χ2n) is 2.50. The Bertz CT molecular complexity index is 365. The minimum atomic E-state index is 0.385. The summed E-state index contributed by atoms with van der Waals surface area (Å²) < 4.78 is 5.24. The van der Waals surface area contributed by atoms with Gasteiger partial charge in [0, 0.05) is 0 Å². The van der Waals surface area contributed by atoms with Crippen LogP contribution in [0.2, 0.25) is 5.15 Å². The highest BCUT2D eigenvalue weighted by Crippen LogP contribution is 2.24. The fourth-order valence-corrected chi connectivity index (χ4v) is 1.29. The van der Waals surface area contributed by atoms with E-state index in [0.717, 1.165) is 11.3 Å². The van der Waals surface area contributed by atoms with Gasteiger partial charge in [-0.15, -0.1) is 0 Å². The summed E-state index contributed by atoms with van der Waals surface area (Å²) in [5, 5.41) is 4.22. The first-order chi connectivity index (χ1) is 6.31. The van der Waals surface area contributed by atoms with Crippen LogP contribution in [-0.4, -0.2) is 24.4 Å². The van der Waals surface area contributed by atoms with Crippen LogP contribution >= 0.6 is 11.6 Å². The van der Waals surface area contributed by atoms with Crippen LogP contribution < -0.4 is 4.74 Å². The van der Waals surface area contributed by atoms with Crippen LogP contribution in [-0.2, 0) is 4.84 Å². The molecule has 0 amide bonds. The molecule has 1 aliphatic rings. The predicted octanol–water partition coefficient (Wildman–Crippen LogP) is 1.48. The number of oxime groups is 1. The first-order valence-electron chi connectivity index (χ1n) is 3.71. The predicted molar refractivity (Wildman–Crippen MR) is 48.3 cm³/mol. The van der Waals surface area contributed by atoms with Gasteiger partial charge >= 0.3 is 0 Å². The van der Waals surface area contributed by atoms with E-state index in [1.54, 1.807) is 6.07 Å².